The fourth-order valence-electron chi connectivity index (χ4n) is 3.95. The van der Waals surface area contributed by atoms with Crippen LogP contribution in [-0.2, 0) is 0 Å². The summed E-state index contributed by atoms with van der Waals surface area (Å²) in [7, 11) is 0. The van der Waals surface area contributed by atoms with Gasteiger partial charge in [-0.2, -0.15) is 5.26 Å². The Bertz CT molecular complexity index is 365. The molecule has 2 atom stereocenters. The summed E-state index contributed by atoms with van der Waals surface area (Å²) in [5, 5.41) is 12.9. The molecule has 0 aromatic rings. The van der Waals surface area contributed by atoms with Crippen molar-refractivity contribution in [3.8, 4) is 6.07 Å². The van der Waals surface area contributed by atoms with Crippen LogP contribution in [0.15, 0.2) is 0 Å². The van der Waals surface area contributed by atoms with E-state index in [1.807, 2.05) is 0 Å². The zero-order chi connectivity index (χ0) is 14.0. The van der Waals surface area contributed by atoms with E-state index in [1.165, 1.54) is 52.0 Å². The SMILES string of the molecule is CCNC1(C#N)CCC(N2CCN(CC3CC3)CC2)C1. The molecular weight excluding hydrogens is 248 g/mol. The predicted octanol–water partition coefficient (Wildman–Crippen LogP) is 1.44. The Morgan fingerprint density at radius 2 is 1.95 bits per heavy atom. The standard InChI is InChI=1S/C16H28N4/c1-2-18-16(13-17)6-5-15(11-16)20-9-7-19(8-10-20)12-14-3-4-14/h14-15,18H,2-12H2,1H3. The molecule has 112 valence electrons. The monoisotopic (exact) mass is 276 g/mol. The largest absolute Gasteiger partial charge is 0.301 e. The van der Waals surface area contributed by atoms with Gasteiger partial charge < -0.3 is 4.90 Å². The Balaban J connectivity index is 1.47. The van der Waals surface area contributed by atoms with E-state index < -0.39 is 0 Å². The molecular formula is C16H28N4. The zero-order valence-electron chi connectivity index (χ0n) is 12.8. The highest BCUT2D eigenvalue weighted by Gasteiger charge is 2.41. The molecule has 3 aliphatic rings. The molecule has 4 heteroatoms. The van der Waals surface area contributed by atoms with Crippen molar-refractivity contribution in [2.75, 3.05) is 39.3 Å². The maximum atomic E-state index is 9.47. The molecule has 4 nitrogen and oxygen atoms in total. The topological polar surface area (TPSA) is 42.3 Å². The summed E-state index contributed by atoms with van der Waals surface area (Å²) in [6.45, 7) is 9.19. The zero-order valence-corrected chi connectivity index (χ0v) is 12.8. The van der Waals surface area contributed by atoms with Gasteiger partial charge in [-0.15, -0.1) is 0 Å². The van der Waals surface area contributed by atoms with Crippen molar-refractivity contribution in [3.63, 3.8) is 0 Å². The maximum absolute atomic E-state index is 9.47. The number of hydrogen-bond acceptors (Lipinski definition) is 4. The molecule has 20 heavy (non-hydrogen) atoms. The molecule has 0 amide bonds. The lowest BCUT2D eigenvalue weighted by Crippen LogP contribution is -2.51. The van der Waals surface area contributed by atoms with Gasteiger partial charge in [-0.25, -0.2) is 0 Å². The lowest BCUT2D eigenvalue weighted by molar-refractivity contribution is 0.0929. The fourth-order valence-corrected chi connectivity index (χ4v) is 3.95. The van der Waals surface area contributed by atoms with Crippen molar-refractivity contribution in [1.82, 2.24) is 15.1 Å². The lowest BCUT2D eigenvalue weighted by atomic mass is 9.99. The molecule has 1 aliphatic heterocycles. The molecule has 3 fully saturated rings. The molecule has 1 N–H and O–H groups in total. The Morgan fingerprint density at radius 1 is 1.20 bits per heavy atom. The van der Waals surface area contributed by atoms with Crippen LogP contribution in [0.5, 0.6) is 0 Å². The van der Waals surface area contributed by atoms with E-state index in [0.29, 0.717) is 6.04 Å². The van der Waals surface area contributed by atoms with Gasteiger partial charge in [0.15, 0.2) is 0 Å². The van der Waals surface area contributed by atoms with E-state index >= 15 is 0 Å². The molecule has 0 bridgehead atoms. The van der Waals surface area contributed by atoms with E-state index in [9.17, 15) is 5.26 Å². The number of rotatable bonds is 5. The van der Waals surface area contributed by atoms with Crippen LogP contribution in [0.25, 0.3) is 0 Å². The van der Waals surface area contributed by atoms with E-state index in [-0.39, 0.29) is 5.54 Å². The van der Waals surface area contributed by atoms with Crippen molar-refractivity contribution < 1.29 is 0 Å². The molecule has 2 aliphatic carbocycles. The highest BCUT2D eigenvalue weighted by molar-refractivity contribution is 5.13. The van der Waals surface area contributed by atoms with Crippen LogP contribution in [-0.4, -0.2) is 60.6 Å². The minimum Gasteiger partial charge on any atom is -0.301 e. The quantitative estimate of drug-likeness (QED) is 0.825. The Hall–Kier alpha value is -0.630. The Kier molecular flexibility index (Phi) is 4.30. The number of hydrogen-bond donors (Lipinski definition) is 1. The molecule has 1 heterocycles. The summed E-state index contributed by atoms with van der Waals surface area (Å²) in [4.78, 5) is 5.28. The van der Waals surface area contributed by atoms with Crippen molar-refractivity contribution in [1.29, 1.82) is 5.26 Å². The second-order valence-corrected chi connectivity index (χ2v) is 6.90. The summed E-state index contributed by atoms with van der Waals surface area (Å²) in [6.07, 6.45) is 6.12. The highest BCUT2D eigenvalue weighted by Crippen LogP contribution is 2.34. The van der Waals surface area contributed by atoms with Crippen LogP contribution in [0.4, 0.5) is 0 Å². The second kappa shape index (κ2) is 6.01. The van der Waals surface area contributed by atoms with E-state index in [1.54, 1.807) is 0 Å². The number of nitrogens with one attached hydrogen (secondary N) is 1. The number of nitriles is 1. The first-order valence-electron chi connectivity index (χ1n) is 8.37. The minimum absolute atomic E-state index is 0.245. The van der Waals surface area contributed by atoms with Gasteiger partial charge in [-0.3, -0.25) is 10.2 Å². The van der Waals surface area contributed by atoms with Gasteiger partial charge in [0.1, 0.15) is 5.54 Å². The molecule has 1 saturated heterocycles. The molecule has 0 aromatic carbocycles. The predicted molar refractivity (Wildman–Crippen MR) is 80.4 cm³/mol. The third-order valence-corrected chi connectivity index (χ3v) is 5.35. The number of nitrogens with zero attached hydrogens (tertiary/aromatic N) is 3. The molecule has 0 radical (unpaired) electrons. The smallest absolute Gasteiger partial charge is 0.108 e. The van der Waals surface area contributed by atoms with Gasteiger partial charge in [0.05, 0.1) is 6.07 Å². The van der Waals surface area contributed by atoms with Gasteiger partial charge in [-0.05, 0) is 44.6 Å². The van der Waals surface area contributed by atoms with Crippen molar-refractivity contribution in [2.45, 2.75) is 50.6 Å². The van der Waals surface area contributed by atoms with Crippen LogP contribution in [0, 0.1) is 17.2 Å². The van der Waals surface area contributed by atoms with Gasteiger partial charge >= 0.3 is 0 Å². The summed E-state index contributed by atoms with van der Waals surface area (Å²) in [6, 6.07) is 3.16. The second-order valence-electron chi connectivity index (χ2n) is 6.90. The van der Waals surface area contributed by atoms with Gasteiger partial charge in [0.2, 0.25) is 0 Å². The molecule has 2 unspecified atom stereocenters. The summed E-state index contributed by atoms with van der Waals surface area (Å²) < 4.78 is 0. The Morgan fingerprint density at radius 3 is 2.55 bits per heavy atom. The first kappa shape index (κ1) is 14.3. The van der Waals surface area contributed by atoms with E-state index in [0.717, 1.165) is 25.3 Å². The normalized spacial score (nSPS) is 36.1. The van der Waals surface area contributed by atoms with Crippen molar-refractivity contribution in [2.24, 2.45) is 5.92 Å². The van der Waals surface area contributed by atoms with Crippen molar-refractivity contribution >= 4 is 0 Å². The molecule has 0 aromatic heterocycles. The molecule has 0 spiro atoms. The van der Waals surface area contributed by atoms with Crippen LogP contribution in [0.2, 0.25) is 0 Å². The summed E-state index contributed by atoms with van der Waals surface area (Å²) in [5.41, 5.74) is -0.245. The van der Waals surface area contributed by atoms with E-state index in [2.05, 4.69) is 28.1 Å². The summed E-state index contributed by atoms with van der Waals surface area (Å²) >= 11 is 0. The van der Waals surface area contributed by atoms with Gasteiger partial charge in [0, 0.05) is 38.8 Å². The van der Waals surface area contributed by atoms with Gasteiger partial charge in [-0.1, -0.05) is 6.92 Å². The average molecular weight is 276 g/mol. The third kappa shape index (κ3) is 3.16. The van der Waals surface area contributed by atoms with Crippen LogP contribution >= 0.6 is 0 Å². The third-order valence-electron chi connectivity index (χ3n) is 5.35. The minimum atomic E-state index is -0.245. The maximum Gasteiger partial charge on any atom is 0.108 e. The first-order valence-corrected chi connectivity index (χ1v) is 8.37. The van der Waals surface area contributed by atoms with E-state index in [4.69, 9.17) is 0 Å². The number of piperazine rings is 1. The molecule has 2 saturated carbocycles. The van der Waals surface area contributed by atoms with Crippen LogP contribution < -0.4 is 5.32 Å². The van der Waals surface area contributed by atoms with Crippen LogP contribution in [0.3, 0.4) is 0 Å². The first-order chi connectivity index (χ1) is 9.74. The highest BCUT2D eigenvalue weighted by atomic mass is 15.3. The van der Waals surface area contributed by atoms with Gasteiger partial charge in [0.25, 0.3) is 0 Å². The molecule has 3 rings (SSSR count). The lowest BCUT2D eigenvalue weighted by Gasteiger charge is -2.38. The average Bonchev–Trinajstić information content (AvgIpc) is 3.18. The summed E-state index contributed by atoms with van der Waals surface area (Å²) in [5.74, 6) is 1.01. The Labute approximate surface area is 123 Å². The van der Waals surface area contributed by atoms with Crippen LogP contribution in [0.1, 0.15) is 39.0 Å². The fraction of sp³-hybridized carbons (Fsp3) is 0.938. The van der Waals surface area contributed by atoms with Crippen molar-refractivity contribution in [3.05, 3.63) is 0 Å².